The van der Waals surface area contributed by atoms with Crippen LogP contribution in [-0.2, 0) is 25.4 Å². The van der Waals surface area contributed by atoms with Crippen molar-refractivity contribution >= 4 is 5.97 Å². The largest absolute Gasteiger partial charge is 0.489 e. The lowest BCUT2D eigenvalue weighted by molar-refractivity contribution is -0.351. The lowest BCUT2D eigenvalue weighted by Crippen LogP contribution is -2.44. The van der Waals surface area contributed by atoms with Gasteiger partial charge < -0.3 is 37.9 Å². The van der Waals surface area contributed by atoms with Crippen molar-refractivity contribution in [2.24, 2.45) is 0 Å². The molecule has 206 valence electrons. The van der Waals surface area contributed by atoms with Gasteiger partial charge in [-0.15, -0.1) is 0 Å². The summed E-state index contributed by atoms with van der Waals surface area (Å²) in [5.74, 6) is -1.17. The highest BCUT2D eigenvalue weighted by Crippen LogP contribution is 2.54. The van der Waals surface area contributed by atoms with Gasteiger partial charge in [-0.1, -0.05) is 19.9 Å². The Kier molecular flexibility index (Phi) is 14.3. The predicted molar refractivity (Wildman–Crippen MR) is 137 cm³/mol. The van der Waals surface area contributed by atoms with Gasteiger partial charge >= 0.3 is 11.9 Å². The predicted octanol–water partition coefficient (Wildman–Crippen LogP) is 5.46. The van der Waals surface area contributed by atoms with E-state index >= 15 is 0 Å². The molecule has 0 spiro atoms. The van der Waals surface area contributed by atoms with Gasteiger partial charge in [0.1, 0.15) is 5.57 Å². The molecule has 9 nitrogen and oxygen atoms in total. The van der Waals surface area contributed by atoms with Crippen molar-refractivity contribution in [2.45, 2.75) is 74.2 Å². The molecule has 0 fully saturated rings. The van der Waals surface area contributed by atoms with Gasteiger partial charge in [-0.05, 0) is 54.9 Å². The number of hydrogen-bond donors (Lipinski definition) is 0. The molecule has 0 atom stereocenters. The van der Waals surface area contributed by atoms with E-state index in [-0.39, 0.29) is 42.6 Å². The number of benzene rings is 1. The fourth-order valence-electron chi connectivity index (χ4n) is 3.64. The fourth-order valence-corrected chi connectivity index (χ4v) is 3.64. The van der Waals surface area contributed by atoms with Crippen molar-refractivity contribution in [1.82, 2.24) is 0 Å². The lowest BCUT2D eigenvalue weighted by atomic mass is 10.0. The van der Waals surface area contributed by atoms with Crippen LogP contribution in [0, 0.1) is 0 Å². The molecular weight excluding hydrogens is 468 g/mol. The van der Waals surface area contributed by atoms with Crippen LogP contribution in [0.3, 0.4) is 0 Å². The molecule has 0 amide bonds. The van der Waals surface area contributed by atoms with E-state index in [0.29, 0.717) is 44.3 Å². The third kappa shape index (κ3) is 7.51. The Balaban J connectivity index is 3.82. The third-order valence-electron chi connectivity index (χ3n) is 4.84. The van der Waals surface area contributed by atoms with Crippen LogP contribution >= 0.6 is 0 Å². The molecule has 0 bridgehead atoms. The highest BCUT2D eigenvalue weighted by atomic mass is 16.9. The summed E-state index contributed by atoms with van der Waals surface area (Å²) in [7, 11) is 0. The number of ether oxygens (including phenoxy) is 8. The minimum absolute atomic E-state index is 0.0370. The quantitative estimate of drug-likeness (QED) is 0.104. The second-order valence-electron chi connectivity index (χ2n) is 7.33. The zero-order chi connectivity index (χ0) is 27.1. The highest BCUT2D eigenvalue weighted by Gasteiger charge is 2.42. The van der Waals surface area contributed by atoms with Gasteiger partial charge in [0, 0.05) is 25.4 Å². The molecule has 0 saturated heterocycles. The van der Waals surface area contributed by atoms with Crippen molar-refractivity contribution in [3.8, 4) is 28.7 Å². The first-order valence-corrected chi connectivity index (χ1v) is 12.9. The van der Waals surface area contributed by atoms with E-state index in [9.17, 15) is 4.79 Å². The number of carbonyl (C=O) groups is 1. The van der Waals surface area contributed by atoms with E-state index < -0.39 is 11.9 Å². The van der Waals surface area contributed by atoms with Crippen molar-refractivity contribution in [2.75, 3.05) is 46.2 Å². The van der Waals surface area contributed by atoms with Crippen LogP contribution in [0.2, 0.25) is 0 Å². The zero-order valence-electron chi connectivity index (χ0n) is 23.2. The van der Waals surface area contributed by atoms with Crippen LogP contribution in [0.25, 0.3) is 0 Å². The molecule has 1 rings (SSSR count). The smallest absolute Gasteiger partial charge is 0.347 e. The van der Waals surface area contributed by atoms with Gasteiger partial charge in [0.2, 0.25) is 17.2 Å². The first-order valence-electron chi connectivity index (χ1n) is 12.9. The normalized spacial score (nSPS) is 11.2. The first kappa shape index (κ1) is 31.5. The molecule has 0 radical (unpaired) electrons. The number of rotatable bonds is 19. The van der Waals surface area contributed by atoms with Gasteiger partial charge in [-0.25, -0.2) is 4.79 Å². The van der Waals surface area contributed by atoms with Gasteiger partial charge in [0.05, 0.1) is 26.4 Å². The summed E-state index contributed by atoms with van der Waals surface area (Å²) in [4.78, 5) is 13.5. The summed E-state index contributed by atoms with van der Waals surface area (Å²) in [5.41, 5.74) is 0.630. The molecule has 0 N–H and O–H groups in total. The van der Waals surface area contributed by atoms with Gasteiger partial charge in [-0.2, -0.15) is 0 Å². The molecule has 1 aromatic carbocycles. The van der Waals surface area contributed by atoms with Gasteiger partial charge in [-0.3, -0.25) is 0 Å². The van der Waals surface area contributed by atoms with Crippen LogP contribution in [0.1, 0.15) is 67.4 Å². The van der Waals surface area contributed by atoms with Crippen LogP contribution < -0.4 is 23.7 Å². The number of carbonyl (C=O) groups excluding carboxylic acids is 1. The summed E-state index contributed by atoms with van der Waals surface area (Å²) < 4.78 is 47.0. The Morgan fingerprint density at radius 3 is 1.33 bits per heavy atom. The Morgan fingerprint density at radius 1 is 0.611 bits per heavy atom. The Hall–Kier alpha value is -2.49. The third-order valence-corrected chi connectivity index (χ3v) is 4.84. The van der Waals surface area contributed by atoms with Crippen molar-refractivity contribution in [3.05, 3.63) is 17.7 Å². The Morgan fingerprint density at radius 2 is 1.00 bits per heavy atom. The maximum absolute atomic E-state index is 13.5. The topological polar surface area (TPSA) is 90.9 Å². The maximum Gasteiger partial charge on any atom is 0.347 e. The summed E-state index contributed by atoms with van der Waals surface area (Å²) >= 11 is 0. The summed E-state index contributed by atoms with van der Waals surface area (Å²) in [6.07, 6.45) is 1.47. The zero-order valence-corrected chi connectivity index (χ0v) is 23.2. The molecule has 9 heteroatoms. The van der Waals surface area contributed by atoms with E-state index in [1.165, 1.54) is 0 Å². The first-order chi connectivity index (χ1) is 17.4. The van der Waals surface area contributed by atoms with Crippen LogP contribution in [0.4, 0.5) is 0 Å². The average molecular weight is 513 g/mol. The SMILES string of the molecule is C=C(C(=O)Oc1c(OCC)c(OCC)c(CCC)c(OCC)c1OCC)C(OCC)(OCC)OCC. The van der Waals surface area contributed by atoms with Crippen molar-refractivity contribution in [1.29, 1.82) is 0 Å². The minimum atomic E-state index is -1.79. The lowest BCUT2D eigenvalue weighted by Gasteiger charge is -2.33. The van der Waals surface area contributed by atoms with E-state index in [1.807, 2.05) is 27.7 Å². The summed E-state index contributed by atoms with van der Waals surface area (Å²) in [6, 6.07) is 0. The van der Waals surface area contributed by atoms with E-state index in [4.69, 9.17) is 37.9 Å². The van der Waals surface area contributed by atoms with E-state index in [0.717, 1.165) is 12.0 Å². The highest BCUT2D eigenvalue weighted by molar-refractivity contribution is 5.92. The van der Waals surface area contributed by atoms with Crippen LogP contribution in [0.15, 0.2) is 12.2 Å². The van der Waals surface area contributed by atoms with Crippen LogP contribution in [0.5, 0.6) is 28.7 Å². The maximum atomic E-state index is 13.5. The van der Waals surface area contributed by atoms with Gasteiger partial charge in [0.15, 0.2) is 11.5 Å². The molecule has 0 aliphatic heterocycles. The minimum Gasteiger partial charge on any atom is -0.489 e. The second kappa shape index (κ2) is 16.3. The van der Waals surface area contributed by atoms with Crippen LogP contribution in [-0.4, -0.2) is 58.2 Å². The molecule has 0 aliphatic rings. The van der Waals surface area contributed by atoms with E-state index in [1.54, 1.807) is 20.8 Å². The van der Waals surface area contributed by atoms with Crippen molar-refractivity contribution < 1.29 is 42.7 Å². The molecular formula is C27H44O9. The van der Waals surface area contributed by atoms with Gasteiger partial charge in [0.25, 0.3) is 0 Å². The average Bonchev–Trinajstić information content (AvgIpc) is 2.85. The fraction of sp³-hybridized carbons (Fsp3) is 0.667. The molecule has 0 heterocycles. The molecule has 1 aromatic rings. The molecule has 36 heavy (non-hydrogen) atoms. The standard InChI is InChI=1S/C27H44O9/c1-10-18-20-21(29-11-2)23(31-13-4)25(24(32-14-5)22(20)30-12-3)36-26(28)19(9)27(33-15-6,34-16-7)35-17-8/h9-18H2,1-8H3. The number of esters is 1. The second-order valence-corrected chi connectivity index (χ2v) is 7.33. The molecule has 0 saturated carbocycles. The molecule has 0 unspecified atom stereocenters. The number of hydrogen-bond acceptors (Lipinski definition) is 9. The van der Waals surface area contributed by atoms with E-state index in [2.05, 4.69) is 13.5 Å². The monoisotopic (exact) mass is 512 g/mol. The molecule has 0 aliphatic carbocycles. The Bertz CT molecular complexity index is 781. The van der Waals surface area contributed by atoms with Crippen molar-refractivity contribution in [3.63, 3.8) is 0 Å². The Labute approximate surface area is 215 Å². The molecule has 0 aromatic heterocycles. The summed E-state index contributed by atoms with van der Waals surface area (Å²) in [5, 5.41) is 0. The summed E-state index contributed by atoms with van der Waals surface area (Å²) in [6.45, 7) is 20.7.